The Balaban J connectivity index is 2.11. The van der Waals surface area contributed by atoms with Crippen molar-refractivity contribution in [3.8, 4) is 5.75 Å². The summed E-state index contributed by atoms with van der Waals surface area (Å²) in [6, 6.07) is 3.31. The number of hydrogen-bond donors (Lipinski definition) is 1. The van der Waals surface area contributed by atoms with E-state index in [1.54, 1.807) is 12.1 Å². The molecule has 0 unspecified atom stereocenters. The van der Waals surface area contributed by atoms with Crippen LogP contribution in [0.2, 0.25) is 5.02 Å². The Morgan fingerprint density at radius 3 is 2.77 bits per heavy atom. The van der Waals surface area contributed by atoms with E-state index < -0.39 is 15.9 Å². The zero-order valence-electron chi connectivity index (χ0n) is 12.6. The van der Waals surface area contributed by atoms with Crippen LogP contribution in [0.1, 0.15) is 18.4 Å². The van der Waals surface area contributed by atoms with E-state index in [-0.39, 0.29) is 12.3 Å². The number of nitrogens with one attached hydrogen (secondary N) is 1. The maximum Gasteiger partial charge on any atom is 0.239 e. The Bertz CT molecular complexity index is 676. The van der Waals surface area contributed by atoms with Gasteiger partial charge in [-0.1, -0.05) is 11.6 Å². The van der Waals surface area contributed by atoms with Crippen molar-refractivity contribution in [2.24, 2.45) is 0 Å². The van der Waals surface area contributed by atoms with Gasteiger partial charge >= 0.3 is 0 Å². The van der Waals surface area contributed by atoms with E-state index in [9.17, 15) is 13.2 Å². The summed E-state index contributed by atoms with van der Waals surface area (Å²) < 4.78 is 30.2. The molecule has 2 rings (SSSR count). The van der Waals surface area contributed by atoms with E-state index in [1.807, 2.05) is 6.92 Å². The lowest BCUT2D eigenvalue weighted by molar-refractivity contribution is -0.116. The summed E-state index contributed by atoms with van der Waals surface area (Å²) >= 11 is 6.01. The van der Waals surface area contributed by atoms with Gasteiger partial charge in [-0.25, -0.2) is 8.42 Å². The van der Waals surface area contributed by atoms with Crippen LogP contribution in [0.15, 0.2) is 12.1 Å². The van der Waals surface area contributed by atoms with Gasteiger partial charge in [0, 0.05) is 17.6 Å². The zero-order valence-corrected chi connectivity index (χ0v) is 14.1. The summed E-state index contributed by atoms with van der Waals surface area (Å²) in [5.41, 5.74) is 1.27. The fourth-order valence-electron chi connectivity index (χ4n) is 2.30. The summed E-state index contributed by atoms with van der Waals surface area (Å²) in [6.07, 6.45) is 1.42. The number of aryl methyl sites for hydroxylation is 1. The van der Waals surface area contributed by atoms with Crippen molar-refractivity contribution in [2.75, 3.05) is 31.3 Å². The molecule has 0 atom stereocenters. The van der Waals surface area contributed by atoms with Crippen LogP contribution in [-0.2, 0) is 14.8 Å². The average Bonchev–Trinajstić information content (AvgIpc) is 2.45. The third kappa shape index (κ3) is 3.91. The SMILES string of the molecule is COc1cc(Cl)c(C)cc1NC(=O)CN1CCCCS1(=O)=O. The number of benzene rings is 1. The number of ether oxygens (including phenoxy) is 1. The molecular weight excluding hydrogens is 328 g/mol. The summed E-state index contributed by atoms with van der Waals surface area (Å²) in [5.74, 6) is 0.139. The number of nitrogens with zero attached hydrogens (tertiary/aromatic N) is 1. The highest BCUT2D eigenvalue weighted by Crippen LogP contribution is 2.31. The number of amides is 1. The van der Waals surface area contributed by atoms with Crippen molar-refractivity contribution in [2.45, 2.75) is 19.8 Å². The number of carbonyl (C=O) groups is 1. The summed E-state index contributed by atoms with van der Waals surface area (Å²) in [5, 5.41) is 3.22. The average molecular weight is 347 g/mol. The molecule has 0 aromatic heterocycles. The highest BCUT2D eigenvalue weighted by molar-refractivity contribution is 7.89. The molecule has 1 aliphatic rings. The van der Waals surface area contributed by atoms with Crippen molar-refractivity contribution in [3.63, 3.8) is 0 Å². The van der Waals surface area contributed by atoms with Gasteiger partial charge in [0.25, 0.3) is 0 Å². The number of rotatable bonds is 4. The molecule has 22 heavy (non-hydrogen) atoms. The number of methoxy groups -OCH3 is 1. The maximum atomic E-state index is 12.1. The Morgan fingerprint density at radius 2 is 2.14 bits per heavy atom. The smallest absolute Gasteiger partial charge is 0.239 e. The molecule has 122 valence electrons. The molecule has 0 saturated carbocycles. The van der Waals surface area contributed by atoms with Crippen LogP contribution in [0.5, 0.6) is 5.75 Å². The molecule has 1 fully saturated rings. The van der Waals surface area contributed by atoms with Gasteiger partial charge in [0.1, 0.15) is 5.75 Å². The minimum absolute atomic E-state index is 0.101. The van der Waals surface area contributed by atoms with Gasteiger partial charge in [0.2, 0.25) is 15.9 Å². The standard InChI is InChI=1S/C14H19ClN2O4S/c1-10-7-12(13(21-2)8-11(10)15)16-14(18)9-17-5-3-4-6-22(17,19)20/h7-8H,3-6,9H2,1-2H3,(H,16,18). The van der Waals surface area contributed by atoms with Crippen molar-refractivity contribution in [1.29, 1.82) is 0 Å². The van der Waals surface area contributed by atoms with E-state index in [0.717, 1.165) is 12.0 Å². The number of carbonyl (C=O) groups excluding carboxylic acids is 1. The van der Waals surface area contributed by atoms with E-state index in [4.69, 9.17) is 16.3 Å². The molecule has 1 aliphatic heterocycles. The van der Waals surface area contributed by atoms with Gasteiger partial charge < -0.3 is 10.1 Å². The van der Waals surface area contributed by atoms with Crippen LogP contribution < -0.4 is 10.1 Å². The molecule has 0 bridgehead atoms. The number of halogens is 1. The van der Waals surface area contributed by atoms with Crippen LogP contribution in [-0.4, -0.2) is 44.6 Å². The molecule has 0 aliphatic carbocycles. The van der Waals surface area contributed by atoms with Gasteiger partial charge in [-0.15, -0.1) is 0 Å². The maximum absolute atomic E-state index is 12.1. The first-order chi connectivity index (χ1) is 10.3. The van der Waals surface area contributed by atoms with E-state index in [2.05, 4.69) is 5.32 Å². The van der Waals surface area contributed by atoms with Gasteiger partial charge in [0.05, 0.1) is 25.1 Å². The second-order valence-corrected chi connectivity index (χ2v) is 7.70. The summed E-state index contributed by atoms with van der Waals surface area (Å²) in [4.78, 5) is 12.1. The van der Waals surface area contributed by atoms with Crippen molar-refractivity contribution < 1.29 is 17.9 Å². The minimum atomic E-state index is -3.32. The molecule has 0 radical (unpaired) electrons. The highest BCUT2D eigenvalue weighted by Gasteiger charge is 2.27. The summed E-state index contributed by atoms with van der Waals surface area (Å²) in [6.45, 7) is 2.01. The molecule has 1 N–H and O–H groups in total. The van der Waals surface area contributed by atoms with Crippen molar-refractivity contribution in [1.82, 2.24) is 4.31 Å². The normalized spacial score (nSPS) is 18.0. The number of sulfonamides is 1. The van der Waals surface area contributed by atoms with Crippen molar-refractivity contribution >= 4 is 33.2 Å². The zero-order chi connectivity index (χ0) is 16.3. The topological polar surface area (TPSA) is 75.7 Å². The predicted molar refractivity (Wildman–Crippen MR) is 86.0 cm³/mol. The first-order valence-electron chi connectivity index (χ1n) is 6.95. The second kappa shape index (κ2) is 6.85. The number of anilines is 1. The fourth-order valence-corrected chi connectivity index (χ4v) is 4.00. The molecule has 6 nitrogen and oxygen atoms in total. The van der Waals surface area contributed by atoms with Gasteiger partial charge in [-0.3, -0.25) is 4.79 Å². The fraction of sp³-hybridized carbons (Fsp3) is 0.500. The third-order valence-electron chi connectivity index (χ3n) is 3.53. The Morgan fingerprint density at radius 1 is 1.41 bits per heavy atom. The van der Waals surface area contributed by atoms with E-state index >= 15 is 0 Å². The lowest BCUT2D eigenvalue weighted by atomic mass is 10.2. The molecule has 1 heterocycles. The van der Waals surface area contributed by atoms with Crippen LogP contribution in [0.25, 0.3) is 0 Å². The van der Waals surface area contributed by atoms with Crippen LogP contribution >= 0.6 is 11.6 Å². The quantitative estimate of drug-likeness (QED) is 0.905. The first kappa shape index (κ1) is 17.1. The molecule has 1 saturated heterocycles. The first-order valence-corrected chi connectivity index (χ1v) is 8.94. The highest BCUT2D eigenvalue weighted by atomic mass is 35.5. The molecule has 1 amide bonds. The molecule has 0 spiro atoms. The largest absolute Gasteiger partial charge is 0.495 e. The Hall–Kier alpha value is -1.31. The minimum Gasteiger partial charge on any atom is -0.495 e. The van der Waals surface area contributed by atoms with Crippen LogP contribution in [0.3, 0.4) is 0 Å². The molecule has 8 heteroatoms. The monoisotopic (exact) mass is 346 g/mol. The lowest BCUT2D eigenvalue weighted by Gasteiger charge is -2.25. The van der Waals surface area contributed by atoms with Crippen LogP contribution in [0.4, 0.5) is 5.69 Å². The predicted octanol–water partition coefficient (Wildman–Crippen LogP) is 2.02. The molecule has 1 aromatic carbocycles. The van der Waals surface area contributed by atoms with Gasteiger partial charge in [-0.2, -0.15) is 4.31 Å². The second-order valence-electron chi connectivity index (χ2n) is 5.21. The van der Waals surface area contributed by atoms with Gasteiger partial charge in [0.15, 0.2) is 0 Å². The Kier molecular flexibility index (Phi) is 5.31. The molecule has 1 aromatic rings. The molecular formula is C14H19ClN2O4S. The Labute approximate surface area is 135 Å². The summed E-state index contributed by atoms with van der Waals surface area (Å²) in [7, 11) is -1.84. The third-order valence-corrected chi connectivity index (χ3v) is 5.84. The van der Waals surface area contributed by atoms with E-state index in [0.29, 0.717) is 29.4 Å². The van der Waals surface area contributed by atoms with Crippen molar-refractivity contribution in [3.05, 3.63) is 22.7 Å². The number of hydrogen-bond acceptors (Lipinski definition) is 4. The van der Waals surface area contributed by atoms with E-state index in [1.165, 1.54) is 11.4 Å². The lowest BCUT2D eigenvalue weighted by Crippen LogP contribution is -2.42. The van der Waals surface area contributed by atoms with Crippen LogP contribution in [0, 0.1) is 6.92 Å². The van der Waals surface area contributed by atoms with Gasteiger partial charge in [-0.05, 0) is 31.4 Å².